The quantitative estimate of drug-likeness (QED) is 0.766. The second kappa shape index (κ2) is 6.37. The van der Waals surface area contributed by atoms with Crippen LogP contribution in [0, 0.1) is 0 Å². The topological polar surface area (TPSA) is 34.1 Å². The summed E-state index contributed by atoms with van der Waals surface area (Å²) in [7, 11) is 1.71. The van der Waals surface area contributed by atoms with E-state index in [0.717, 1.165) is 23.1 Å². The molecule has 0 saturated carbocycles. The first-order valence-corrected chi connectivity index (χ1v) is 7.01. The standard InChI is InChI=1S/C18H18N2O/c1-21-13-15-6-2-5-14(11-15)12-20-17-9-3-7-16-8-4-10-19-18(16)17/h2-11,20H,12-13H2,1H3. The normalized spacial score (nSPS) is 10.7. The van der Waals surface area contributed by atoms with Gasteiger partial charge >= 0.3 is 0 Å². The molecule has 1 aromatic heterocycles. The Balaban J connectivity index is 1.79. The number of nitrogens with zero attached hydrogens (tertiary/aromatic N) is 1. The van der Waals surface area contributed by atoms with Gasteiger partial charge in [0.15, 0.2) is 0 Å². The number of benzene rings is 2. The molecule has 3 heteroatoms. The van der Waals surface area contributed by atoms with Crippen molar-refractivity contribution in [3.63, 3.8) is 0 Å². The van der Waals surface area contributed by atoms with Crippen LogP contribution >= 0.6 is 0 Å². The van der Waals surface area contributed by atoms with Gasteiger partial charge in [-0.3, -0.25) is 4.98 Å². The van der Waals surface area contributed by atoms with Crippen LogP contribution in [0.2, 0.25) is 0 Å². The van der Waals surface area contributed by atoms with Crippen molar-refractivity contribution in [3.05, 3.63) is 71.9 Å². The second-order valence-corrected chi connectivity index (χ2v) is 4.99. The molecule has 106 valence electrons. The number of pyridine rings is 1. The van der Waals surface area contributed by atoms with Crippen LogP contribution < -0.4 is 5.32 Å². The first kappa shape index (κ1) is 13.6. The summed E-state index contributed by atoms with van der Waals surface area (Å²) in [4.78, 5) is 4.46. The fourth-order valence-electron chi connectivity index (χ4n) is 2.44. The second-order valence-electron chi connectivity index (χ2n) is 4.99. The van der Waals surface area contributed by atoms with Crippen molar-refractivity contribution in [1.82, 2.24) is 4.98 Å². The smallest absolute Gasteiger partial charge is 0.0933 e. The van der Waals surface area contributed by atoms with Crippen LogP contribution in [0.25, 0.3) is 10.9 Å². The Labute approximate surface area is 124 Å². The van der Waals surface area contributed by atoms with Gasteiger partial charge in [-0.15, -0.1) is 0 Å². The van der Waals surface area contributed by atoms with Crippen molar-refractivity contribution in [1.29, 1.82) is 0 Å². The van der Waals surface area contributed by atoms with Crippen molar-refractivity contribution in [2.45, 2.75) is 13.2 Å². The van der Waals surface area contributed by atoms with E-state index in [4.69, 9.17) is 4.74 Å². The molecule has 2 aromatic carbocycles. The highest BCUT2D eigenvalue weighted by Gasteiger charge is 2.02. The van der Waals surface area contributed by atoms with E-state index in [1.165, 1.54) is 11.1 Å². The summed E-state index contributed by atoms with van der Waals surface area (Å²) in [5, 5.41) is 4.62. The zero-order valence-electron chi connectivity index (χ0n) is 12.0. The third-order valence-electron chi connectivity index (χ3n) is 3.42. The highest BCUT2D eigenvalue weighted by molar-refractivity contribution is 5.90. The molecule has 21 heavy (non-hydrogen) atoms. The third-order valence-corrected chi connectivity index (χ3v) is 3.42. The van der Waals surface area contributed by atoms with Gasteiger partial charge < -0.3 is 10.1 Å². The molecule has 0 aliphatic carbocycles. The lowest BCUT2D eigenvalue weighted by Crippen LogP contribution is -2.01. The number of rotatable bonds is 5. The van der Waals surface area contributed by atoms with Crippen LogP contribution in [0.4, 0.5) is 5.69 Å². The summed E-state index contributed by atoms with van der Waals surface area (Å²) < 4.78 is 5.17. The lowest BCUT2D eigenvalue weighted by atomic mass is 10.1. The van der Waals surface area contributed by atoms with Gasteiger partial charge in [-0.2, -0.15) is 0 Å². The third kappa shape index (κ3) is 3.20. The summed E-state index contributed by atoms with van der Waals surface area (Å²) in [5.41, 5.74) is 4.49. The van der Waals surface area contributed by atoms with Gasteiger partial charge in [0, 0.05) is 25.2 Å². The van der Waals surface area contributed by atoms with Crippen LogP contribution in [-0.4, -0.2) is 12.1 Å². The van der Waals surface area contributed by atoms with Gasteiger partial charge in [-0.1, -0.05) is 42.5 Å². The molecular formula is C18H18N2O. The minimum atomic E-state index is 0.643. The molecule has 0 aliphatic rings. The fraction of sp³-hybridized carbons (Fsp3) is 0.167. The lowest BCUT2D eigenvalue weighted by Gasteiger charge is -2.10. The van der Waals surface area contributed by atoms with Gasteiger partial charge in [-0.05, 0) is 23.3 Å². The maximum Gasteiger partial charge on any atom is 0.0933 e. The Morgan fingerprint density at radius 2 is 1.81 bits per heavy atom. The number of methoxy groups -OCH3 is 1. The minimum Gasteiger partial charge on any atom is -0.380 e. The Morgan fingerprint density at radius 1 is 1.00 bits per heavy atom. The summed E-state index contributed by atoms with van der Waals surface area (Å²) in [6.45, 7) is 1.41. The Bertz CT molecular complexity index is 735. The number of hydrogen-bond donors (Lipinski definition) is 1. The Kier molecular flexibility index (Phi) is 4.12. The maximum atomic E-state index is 5.17. The number of fused-ring (bicyclic) bond motifs is 1. The van der Waals surface area contributed by atoms with E-state index in [-0.39, 0.29) is 0 Å². The zero-order chi connectivity index (χ0) is 14.5. The number of para-hydroxylation sites is 1. The SMILES string of the molecule is COCc1cccc(CNc2cccc3cccnc23)c1. The Morgan fingerprint density at radius 3 is 2.71 bits per heavy atom. The van der Waals surface area contributed by atoms with Crippen LogP contribution in [-0.2, 0) is 17.9 Å². The average Bonchev–Trinajstić information content (AvgIpc) is 2.53. The van der Waals surface area contributed by atoms with Crippen LogP contribution in [0.15, 0.2) is 60.8 Å². The molecule has 0 amide bonds. The van der Waals surface area contributed by atoms with E-state index in [1.807, 2.05) is 18.3 Å². The molecule has 0 atom stereocenters. The molecule has 1 N–H and O–H groups in total. The van der Waals surface area contributed by atoms with Gasteiger partial charge in [0.05, 0.1) is 17.8 Å². The number of anilines is 1. The summed E-state index contributed by atoms with van der Waals surface area (Å²) in [5.74, 6) is 0. The predicted octanol–water partition coefficient (Wildman–Crippen LogP) is 3.99. The molecule has 0 spiro atoms. The van der Waals surface area contributed by atoms with Gasteiger partial charge in [-0.25, -0.2) is 0 Å². The predicted molar refractivity (Wildman–Crippen MR) is 86.2 cm³/mol. The highest BCUT2D eigenvalue weighted by atomic mass is 16.5. The van der Waals surface area contributed by atoms with E-state index >= 15 is 0 Å². The van der Waals surface area contributed by atoms with Gasteiger partial charge in [0.1, 0.15) is 0 Å². The van der Waals surface area contributed by atoms with Crippen molar-refractivity contribution in [2.24, 2.45) is 0 Å². The van der Waals surface area contributed by atoms with Crippen molar-refractivity contribution >= 4 is 16.6 Å². The van der Waals surface area contributed by atoms with Crippen molar-refractivity contribution in [2.75, 3.05) is 12.4 Å². The monoisotopic (exact) mass is 278 g/mol. The summed E-state index contributed by atoms with van der Waals surface area (Å²) in [6, 6.07) is 18.6. The molecule has 0 aliphatic heterocycles. The molecule has 3 aromatic rings. The molecule has 0 fully saturated rings. The van der Waals surface area contributed by atoms with Crippen molar-refractivity contribution in [3.8, 4) is 0 Å². The summed E-state index contributed by atoms with van der Waals surface area (Å²) in [6.07, 6.45) is 1.83. The molecule has 3 nitrogen and oxygen atoms in total. The van der Waals surface area contributed by atoms with E-state index in [9.17, 15) is 0 Å². The van der Waals surface area contributed by atoms with E-state index in [0.29, 0.717) is 6.61 Å². The first-order chi connectivity index (χ1) is 10.4. The molecule has 0 radical (unpaired) electrons. The van der Waals surface area contributed by atoms with Crippen LogP contribution in [0.3, 0.4) is 0 Å². The summed E-state index contributed by atoms with van der Waals surface area (Å²) >= 11 is 0. The number of ether oxygens (including phenoxy) is 1. The molecule has 0 unspecified atom stereocenters. The van der Waals surface area contributed by atoms with E-state index in [1.54, 1.807) is 7.11 Å². The van der Waals surface area contributed by atoms with E-state index < -0.39 is 0 Å². The molecular weight excluding hydrogens is 260 g/mol. The lowest BCUT2D eigenvalue weighted by molar-refractivity contribution is 0.185. The van der Waals surface area contributed by atoms with E-state index in [2.05, 4.69) is 52.8 Å². The first-order valence-electron chi connectivity index (χ1n) is 7.01. The maximum absolute atomic E-state index is 5.17. The molecule has 1 heterocycles. The molecule has 0 saturated heterocycles. The molecule has 3 rings (SSSR count). The number of aromatic nitrogens is 1. The highest BCUT2D eigenvalue weighted by Crippen LogP contribution is 2.21. The Hall–Kier alpha value is -2.39. The number of hydrogen-bond acceptors (Lipinski definition) is 3. The van der Waals surface area contributed by atoms with Crippen LogP contribution in [0.5, 0.6) is 0 Å². The minimum absolute atomic E-state index is 0.643. The largest absolute Gasteiger partial charge is 0.380 e. The average molecular weight is 278 g/mol. The van der Waals surface area contributed by atoms with Crippen LogP contribution in [0.1, 0.15) is 11.1 Å². The van der Waals surface area contributed by atoms with Crippen molar-refractivity contribution < 1.29 is 4.74 Å². The fourth-order valence-corrected chi connectivity index (χ4v) is 2.44. The number of nitrogens with one attached hydrogen (secondary N) is 1. The molecule has 0 bridgehead atoms. The zero-order valence-corrected chi connectivity index (χ0v) is 12.0. The van der Waals surface area contributed by atoms with Gasteiger partial charge in [0.25, 0.3) is 0 Å². The van der Waals surface area contributed by atoms with Gasteiger partial charge in [0.2, 0.25) is 0 Å².